The van der Waals surface area contributed by atoms with Crippen molar-refractivity contribution in [3.8, 4) is 0 Å². The summed E-state index contributed by atoms with van der Waals surface area (Å²) >= 11 is 0. The molecule has 1 aromatic heterocycles. The fourth-order valence-electron chi connectivity index (χ4n) is 2.92. The number of rotatable bonds is 5. The SMILES string of the molecule is CCOC(=O)Cn1nc(C)cc(Cc2ccccc2C(C)(C)C)c1=O. The summed E-state index contributed by atoms with van der Waals surface area (Å²) in [6.45, 7) is 10.1. The molecule has 0 amide bonds. The first-order valence-electron chi connectivity index (χ1n) is 8.54. The van der Waals surface area contributed by atoms with Crippen molar-refractivity contribution in [2.75, 3.05) is 6.61 Å². The largest absolute Gasteiger partial charge is 0.465 e. The maximum absolute atomic E-state index is 12.7. The molecule has 5 heteroatoms. The summed E-state index contributed by atoms with van der Waals surface area (Å²) in [6, 6.07) is 9.94. The molecule has 2 rings (SSSR count). The first-order valence-corrected chi connectivity index (χ1v) is 8.54. The number of carbonyl (C=O) groups excluding carboxylic acids is 1. The quantitative estimate of drug-likeness (QED) is 0.784. The zero-order valence-electron chi connectivity index (χ0n) is 15.6. The van der Waals surface area contributed by atoms with Crippen LogP contribution in [0.4, 0.5) is 0 Å². The van der Waals surface area contributed by atoms with E-state index in [0.717, 1.165) is 5.56 Å². The number of aryl methyl sites for hydroxylation is 1. The Bertz CT molecular complexity index is 816. The highest BCUT2D eigenvalue weighted by Gasteiger charge is 2.19. The average molecular weight is 342 g/mol. The summed E-state index contributed by atoms with van der Waals surface area (Å²) in [7, 11) is 0. The molecular formula is C20H26N2O3. The van der Waals surface area contributed by atoms with Gasteiger partial charge in [0, 0.05) is 12.0 Å². The molecule has 0 saturated carbocycles. The van der Waals surface area contributed by atoms with Crippen molar-refractivity contribution >= 4 is 5.97 Å². The maximum atomic E-state index is 12.7. The van der Waals surface area contributed by atoms with Crippen LogP contribution in [-0.4, -0.2) is 22.4 Å². The van der Waals surface area contributed by atoms with Gasteiger partial charge >= 0.3 is 5.97 Å². The number of ether oxygens (including phenoxy) is 1. The first kappa shape index (κ1) is 18.9. The highest BCUT2D eigenvalue weighted by atomic mass is 16.5. The van der Waals surface area contributed by atoms with Gasteiger partial charge in [-0.3, -0.25) is 9.59 Å². The highest BCUT2D eigenvalue weighted by Crippen LogP contribution is 2.26. The third-order valence-electron chi connectivity index (χ3n) is 3.96. The third-order valence-corrected chi connectivity index (χ3v) is 3.96. The van der Waals surface area contributed by atoms with Crippen molar-refractivity contribution in [1.82, 2.24) is 9.78 Å². The number of hydrogen-bond donors (Lipinski definition) is 0. The van der Waals surface area contributed by atoms with E-state index in [-0.39, 0.29) is 24.1 Å². The van der Waals surface area contributed by atoms with Gasteiger partial charge in [-0.2, -0.15) is 5.10 Å². The van der Waals surface area contributed by atoms with Gasteiger partial charge in [-0.15, -0.1) is 0 Å². The Balaban J connectivity index is 2.40. The molecule has 134 valence electrons. The van der Waals surface area contributed by atoms with Gasteiger partial charge in [0.05, 0.1) is 12.3 Å². The second-order valence-electron chi connectivity index (χ2n) is 7.16. The fourth-order valence-corrected chi connectivity index (χ4v) is 2.92. The van der Waals surface area contributed by atoms with Crippen molar-refractivity contribution in [3.63, 3.8) is 0 Å². The van der Waals surface area contributed by atoms with E-state index in [9.17, 15) is 9.59 Å². The van der Waals surface area contributed by atoms with Crippen LogP contribution < -0.4 is 5.56 Å². The van der Waals surface area contributed by atoms with Gasteiger partial charge < -0.3 is 4.74 Å². The number of esters is 1. The predicted molar refractivity (Wildman–Crippen MR) is 97.8 cm³/mol. The molecule has 0 aliphatic carbocycles. The van der Waals surface area contributed by atoms with Crippen LogP contribution in [0.5, 0.6) is 0 Å². The summed E-state index contributed by atoms with van der Waals surface area (Å²) in [5.74, 6) is -0.455. The van der Waals surface area contributed by atoms with E-state index in [4.69, 9.17) is 4.74 Å². The van der Waals surface area contributed by atoms with E-state index < -0.39 is 5.97 Å². The molecule has 2 aromatic rings. The topological polar surface area (TPSA) is 61.2 Å². The van der Waals surface area contributed by atoms with E-state index in [1.165, 1.54) is 10.2 Å². The van der Waals surface area contributed by atoms with E-state index in [1.54, 1.807) is 13.0 Å². The summed E-state index contributed by atoms with van der Waals surface area (Å²) in [5, 5.41) is 4.17. The molecule has 0 unspecified atom stereocenters. The molecule has 1 heterocycles. The van der Waals surface area contributed by atoms with Crippen LogP contribution in [0.25, 0.3) is 0 Å². The first-order chi connectivity index (χ1) is 11.7. The molecule has 0 atom stereocenters. The van der Waals surface area contributed by atoms with Crippen molar-refractivity contribution in [2.24, 2.45) is 0 Å². The molecule has 0 radical (unpaired) electrons. The summed E-state index contributed by atoms with van der Waals surface area (Å²) in [5.41, 5.74) is 3.40. The van der Waals surface area contributed by atoms with Gasteiger partial charge in [-0.05, 0) is 36.5 Å². The van der Waals surface area contributed by atoms with E-state index in [1.807, 2.05) is 25.1 Å². The number of aromatic nitrogens is 2. The van der Waals surface area contributed by atoms with Gasteiger partial charge in [-0.25, -0.2) is 4.68 Å². The zero-order valence-corrected chi connectivity index (χ0v) is 15.6. The lowest BCUT2D eigenvalue weighted by molar-refractivity contribution is -0.144. The van der Waals surface area contributed by atoms with Crippen LogP contribution in [0, 0.1) is 6.92 Å². The normalized spacial score (nSPS) is 11.4. The predicted octanol–water partition coefficient (Wildman–Crippen LogP) is 3.00. The molecule has 0 bridgehead atoms. The van der Waals surface area contributed by atoms with Crippen LogP contribution in [0.15, 0.2) is 35.1 Å². The Labute approximate surface area is 148 Å². The van der Waals surface area contributed by atoms with Crippen LogP contribution in [0.1, 0.15) is 50.1 Å². The Kier molecular flexibility index (Phi) is 5.77. The molecular weight excluding hydrogens is 316 g/mol. The molecule has 0 fully saturated rings. The van der Waals surface area contributed by atoms with Gasteiger partial charge in [0.1, 0.15) is 6.54 Å². The lowest BCUT2D eigenvalue weighted by Crippen LogP contribution is -2.31. The molecule has 0 aliphatic heterocycles. The number of benzene rings is 1. The summed E-state index contributed by atoms with van der Waals surface area (Å²) < 4.78 is 6.12. The van der Waals surface area contributed by atoms with Crippen molar-refractivity contribution in [3.05, 3.63) is 63.1 Å². The minimum absolute atomic E-state index is 0.0113. The second-order valence-corrected chi connectivity index (χ2v) is 7.16. The minimum Gasteiger partial charge on any atom is -0.465 e. The third kappa shape index (κ3) is 4.78. The van der Waals surface area contributed by atoms with Crippen LogP contribution in [0.3, 0.4) is 0 Å². The molecule has 0 spiro atoms. The molecule has 0 aliphatic rings. The molecule has 1 aromatic carbocycles. The molecule has 5 nitrogen and oxygen atoms in total. The molecule has 0 saturated heterocycles. The van der Waals surface area contributed by atoms with E-state index in [0.29, 0.717) is 17.7 Å². The van der Waals surface area contributed by atoms with Crippen LogP contribution >= 0.6 is 0 Å². The van der Waals surface area contributed by atoms with Crippen molar-refractivity contribution in [1.29, 1.82) is 0 Å². The Hall–Kier alpha value is -2.43. The maximum Gasteiger partial charge on any atom is 0.327 e. The lowest BCUT2D eigenvalue weighted by Gasteiger charge is -2.23. The lowest BCUT2D eigenvalue weighted by atomic mass is 9.82. The fraction of sp³-hybridized carbons (Fsp3) is 0.450. The molecule has 25 heavy (non-hydrogen) atoms. The Morgan fingerprint density at radius 1 is 1.20 bits per heavy atom. The van der Waals surface area contributed by atoms with Crippen molar-refractivity contribution < 1.29 is 9.53 Å². The number of nitrogens with zero attached hydrogens (tertiary/aromatic N) is 2. The molecule has 0 N–H and O–H groups in total. The van der Waals surface area contributed by atoms with Crippen LogP contribution in [-0.2, 0) is 27.9 Å². The summed E-state index contributed by atoms with van der Waals surface area (Å²) in [4.78, 5) is 24.4. The van der Waals surface area contributed by atoms with E-state index >= 15 is 0 Å². The minimum atomic E-state index is -0.455. The monoisotopic (exact) mass is 342 g/mol. The van der Waals surface area contributed by atoms with Crippen molar-refractivity contribution in [2.45, 2.75) is 53.0 Å². The van der Waals surface area contributed by atoms with Crippen LogP contribution in [0.2, 0.25) is 0 Å². The Morgan fingerprint density at radius 3 is 2.52 bits per heavy atom. The van der Waals surface area contributed by atoms with Gasteiger partial charge in [0.15, 0.2) is 0 Å². The average Bonchev–Trinajstić information content (AvgIpc) is 2.51. The second kappa shape index (κ2) is 7.64. The van der Waals surface area contributed by atoms with Gasteiger partial charge in [0.2, 0.25) is 0 Å². The zero-order chi connectivity index (χ0) is 18.6. The highest BCUT2D eigenvalue weighted by molar-refractivity contribution is 5.68. The van der Waals surface area contributed by atoms with Gasteiger partial charge in [-0.1, -0.05) is 45.0 Å². The Morgan fingerprint density at radius 2 is 1.88 bits per heavy atom. The number of hydrogen-bond acceptors (Lipinski definition) is 4. The van der Waals surface area contributed by atoms with Gasteiger partial charge in [0.25, 0.3) is 5.56 Å². The number of carbonyl (C=O) groups is 1. The van der Waals surface area contributed by atoms with E-state index in [2.05, 4.69) is 31.9 Å². The standard InChI is InChI=1S/C20H26N2O3/c1-6-25-18(23)13-22-19(24)16(11-14(2)21-22)12-15-9-7-8-10-17(15)20(3,4)5/h7-11H,6,12-13H2,1-5H3. The summed E-state index contributed by atoms with van der Waals surface area (Å²) in [6.07, 6.45) is 0.512. The smallest absolute Gasteiger partial charge is 0.327 e.